The van der Waals surface area contributed by atoms with Crippen molar-refractivity contribution in [2.45, 2.75) is 58.5 Å². The molecule has 2 N–H and O–H groups in total. The number of rotatable bonds is 5. The van der Waals surface area contributed by atoms with Crippen LogP contribution in [0.5, 0.6) is 5.75 Å². The van der Waals surface area contributed by atoms with Gasteiger partial charge < -0.3 is 14.7 Å². The van der Waals surface area contributed by atoms with Crippen molar-refractivity contribution in [1.29, 1.82) is 0 Å². The molecule has 1 aliphatic heterocycles. The zero-order valence-electron chi connectivity index (χ0n) is 18.9. The minimum absolute atomic E-state index is 0.212. The molecule has 0 radical (unpaired) electrons. The van der Waals surface area contributed by atoms with Crippen molar-refractivity contribution < 1.29 is 31.4 Å². The van der Waals surface area contributed by atoms with Crippen LogP contribution in [0.2, 0.25) is 0 Å². The summed E-state index contributed by atoms with van der Waals surface area (Å²) in [4.78, 5) is 3.98. The first-order chi connectivity index (χ1) is 17.1. The fraction of sp³-hybridized carbons (Fsp3) is 0.280. The molecule has 1 unspecified atom stereocenters. The third-order valence-electron chi connectivity index (χ3n) is 6.30. The highest BCUT2D eigenvalue weighted by Gasteiger charge is 2.40. The first-order valence-corrected chi connectivity index (χ1v) is 13.6. The molecule has 1 saturated carbocycles. The summed E-state index contributed by atoms with van der Waals surface area (Å²) in [5.41, 5.74) is 1.91. The summed E-state index contributed by atoms with van der Waals surface area (Å²) in [5.74, 6) is -0.514. The van der Waals surface area contributed by atoms with E-state index in [1.807, 2.05) is 48.5 Å². The maximum atomic E-state index is 13.0. The van der Waals surface area contributed by atoms with Gasteiger partial charge in [-0.3, -0.25) is 0 Å². The van der Waals surface area contributed by atoms with Crippen LogP contribution in [0.3, 0.4) is 0 Å². The first kappa shape index (κ1) is 24.9. The van der Waals surface area contributed by atoms with Gasteiger partial charge in [-0.25, -0.2) is 13.1 Å². The van der Waals surface area contributed by atoms with Crippen molar-refractivity contribution in [3.63, 3.8) is 0 Å². The van der Waals surface area contributed by atoms with E-state index in [1.165, 1.54) is 0 Å². The number of fused-ring (bicyclic) bond motifs is 2. The van der Waals surface area contributed by atoms with E-state index in [2.05, 4.69) is 14.4 Å². The first-order valence-electron chi connectivity index (χ1n) is 11.3. The van der Waals surface area contributed by atoms with Gasteiger partial charge in [0.25, 0.3) is 0 Å². The predicted molar refractivity (Wildman–Crippen MR) is 130 cm³/mol. The van der Waals surface area contributed by atoms with Crippen LogP contribution in [0.1, 0.15) is 19.3 Å². The van der Waals surface area contributed by atoms with E-state index in [0.717, 1.165) is 45.4 Å². The molecule has 0 bridgehead atoms. The summed E-state index contributed by atoms with van der Waals surface area (Å²) in [7, 11) is -4.10. The molecule has 2 aliphatic rings. The van der Waals surface area contributed by atoms with Crippen LogP contribution in [0.4, 0.5) is 24.5 Å². The molecule has 3 atom stereocenters. The fourth-order valence-corrected chi connectivity index (χ4v) is 7.10. The summed E-state index contributed by atoms with van der Waals surface area (Å²) in [6.07, 6.45) is -4.12. The molecule has 3 aromatic rings. The van der Waals surface area contributed by atoms with Crippen molar-refractivity contribution in [2.75, 3.05) is 4.90 Å². The number of hydrogen-bond acceptors (Lipinski definition) is 6. The molecule has 3 aromatic carbocycles. The number of para-hydroxylation sites is 2. The van der Waals surface area contributed by atoms with Crippen LogP contribution in [0.25, 0.3) is 0 Å². The van der Waals surface area contributed by atoms with E-state index >= 15 is 0 Å². The highest BCUT2D eigenvalue weighted by atomic mass is 32.2. The van der Waals surface area contributed by atoms with Gasteiger partial charge in [-0.1, -0.05) is 36.0 Å². The van der Waals surface area contributed by atoms with E-state index in [9.17, 15) is 26.7 Å². The van der Waals surface area contributed by atoms with Crippen LogP contribution in [0, 0.1) is 0 Å². The number of nitrogens with zero attached hydrogens (tertiary/aromatic N) is 1. The lowest BCUT2D eigenvalue weighted by Gasteiger charge is -2.45. The van der Waals surface area contributed by atoms with Crippen molar-refractivity contribution in [1.82, 2.24) is 4.72 Å². The van der Waals surface area contributed by atoms with E-state index in [0.29, 0.717) is 19.3 Å². The van der Waals surface area contributed by atoms with E-state index in [1.54, 1.807) is 11.8 Å². The summed E-state index contributed by atoms with van der Waals surface area (Å²) in [6.45, 7) is 0. The van der Waals surface area contributed by atoms with Crippen molar-refractivity contribution in [3.05, 3.63) is 72.8 Å². The highest BCUT2D eigenvalue weighted by molar-refractivity contribution is 7.99. The van der Waals surface area contributed by atoms with Gasteiger partial charge in [0.2, 0.25) is 10.0 Å². The average molecular weight is 537 g/mol. The van der Waals surface area contributed by atoms with Gasteiger partial charge in [0.15, 0.2) is 0 Å². The molecular formula is C25H23F3N2O4S2. The Bertz CT molecular complexity index is 1300. The van der Waals surface area contributed by atoms with Gasteiger partial charge in [0.1, 0.15) is 5.75 Å². The van der Waals surface area contributed by atoms with Crippen molar-refractivity contribution in [2.24, 2.45) is 0 Å². The molecule has 0 amide bonds. The Kier molecular flexibility index (Phi) is 6.67. The van der Waals surface area contributed by atoms with Gasteiger partial charge >= 0.3 is 6.36 Å². The molecule has 0 aromatic heterocycles. The number of halogens is 3. The predicted octanol–water partition coefficient (Wildman–Crippen LogP) is 5.45. The summed E-state index contributed by atoms with van der Waals surface area (Å²) in [5, 5.41) is 11.4. The molecule has 1 aliphatic carbocycles. The van der Waals surface area contributed by atoms with E-state index in [4.69, 9.17) is 0 Å². The van der Waals surface area contributed by atoms with Gasteiger partial charge in [-0.15, -0.1) is 13.2 Å². The number of sulfonamides is 1. The molecule has 0 saturated heterocycles. The molecule has 1 heterocycles. The molecule has 0 spiro atoms. The zero-order valence-corrected chi connectivity index (χ0v) is 20.5. The summed E-state index contributed by atoms with van der Waals surface area (Å²) in [6, 6.07) is 18.6. The monoisotopic (exact) mass is 536 g/mol. The molecular weight excluding hydrogens is 513 g/mol. The van der Waals surface area contributed by atoms with E-state index < -0.39 is 34.3 Å². The summed E-state index contributed by atoms with van der Waals surface area (Å²) >= 11 is 1.65. The number of nitrogens with one attached hydrogen (secondary N) is 1. The van der Waals surface area contributed by atoms with Gasteiger partial charge in [0.05, 0.1) is 34.5 Å². The molecule has 6 nitrogen and oxygen atoms in total. The third-order valence-corrected chi connectivity index (χ3v) is 8.93. The Morgan fingerprint density at radius 1 is 0.917 bits per heavy atom. The lowest BCUT2D eigenvalue weighted by Crippen LogP contribution is -2.56. The Balaban J connectivity index is 1.39. The molecule has 5 rings (SSSR count). The van der Waals surface area contributed by atoms with Gasteiger partial charge in [-0.05, 0) is 67.8 Å². The lowest BCUT2D eigenvalue weighted by molar-refractivity contribution is -0.274. The van der Waals surface area contributed by atoms with Gasteiger partial charge in [-0.2, -0.15) is 0 Å². The normalized spacial score (nSPS) is 22.0. The topological polar surface area (TPSA) is 78.9 Å². The maximum Gasteiger partial charge on any atom is 0.573 e. The smallest absolute Gasteiger partial charge is 0.406 e. The molecule has 36 heavy (non-hydrogen) atoms. The number of hydrogen-bond donors (Lipinski definition) is 2. The van der Waals surface area contributed by atoms with Crippen molar-refractivity contribution in [3.8, 4) is 5.75 Å². The Hall–Kier alpha value is -2.73. The Morgan fingerprint density at radius 2 is 1.50 bits per heavy atom. The largest absolute Gasteiger partial charge is 0.573 e. The number of alkyl halides is 3. The highest BCUT2D eigenvalue weighted by Crippen LogP contribution is 2.50. The maximum absolute atomic E-state index is 13.0. The SMILES string of the molecule is O=S(=O)(N[C@@H]1CCCC(N2c3ccccc3Sc3ccccc32)[C@H]1O)c1ccc(OC(F)(F)F)cc1. The zero-order chi connectivity index (χ0) is 25.5. The number of anilines is 2. The van der Waals surface area contributed by atoms with Crippen LogP contribution >= 0.6 is 11.8 Å². The average Bonchev–Trinajstić information content (AvgIpc) is 2.83. The van der Waals surface area contributed by atoms with Crippen molar-refractivity contribution >= 4 is 33.2 Å². The molecule has 11 heteroatoms. The van der Waals surface area contributed by atoms with Crippen LogP contribution in [-0.2, 0) is 10.0 Å². The second-order valence-electron chi connectivity index (χ2n) is 8.64. The number of benzene rings is 3. The van der Waals surface area contributed by atoms with Gasteiger partial charge in [0, 0.05) is 9.79 Å². The van der Waals surface area contributed by atoms with E-state index in [-0.39, 0.29) is 10.9 Å². The minimum Gasteiger partial charge on any atom is -0.406 e. The number of aliphatic hydroxyl groups excluding tert-OH is 1. The standard InChI is InChI=1S/C25H23F3N2O4S2/c26-25(27,28)34-16-12-14-17(15-13-16)36(32,33)29-18-6-5-9-21(24(18)31)30-19-7-1-3-10-22(19)35-23-11-4-2-8-20(23)30/h1-4,7-8,10-15,18,21,24,29,31H,5-6,9H2/t18-,21?,24+/m1/s1. The third kappa shape index (κ3) is 5.06. The Labute approximate surface area is 211 Å². The van der Waals surface area contributed by atoms with Crippen LogP contribution < -0.4 is 14.4 Å². The second kappa shape index (κ2) is 9.62. The fourth-order valence-electron chi connectivity index (χ4n) is 4.75. The Morgan fingerprint density at radius 3 is 2.08 bits per heavy atom. The minimum atomic E-state index is -4.87. The quantitative estimate of drug-likeness (QED) is 0.452. The number of ether oxygens (including phenoxy) is 1. The molecule has 190 valence electrons. The molecule has 1 fully saturated rings. The lowest BCUT2D eigenvalue weighted by atomic mass is 9.87. The number of aliphatic hydroxyl groups is 1. The summed E-state index contributed by atoms with van der Waals surface area (Å²) < 4.78 is 69.7. The van der Waals surface area contributed by atoms with Crippen LogP contribution in [0.15, 0.2) is 87.5 Å². The second-order valence-corrected chi connectivity index (χ2v) is 11.4. The van der Waals surface area contributed by atoms with Crippen LogP contribution in [-0.4, -0.2) is 38.1 Å².